The third kappa shape index (κ3) is 3.33. The van der Waals surface area contributed by atoms with Crippen LogP contribution in [0.4, 0.5) is 4.79 Å². The Morgan fingerprint density at radius 1 is 1.47 bits per heavy atom. The first-order chi connectivity index (χ1) is 8.31. The van der Waals surface area contributed by atoms with E-state index in [-0.39, 0.29) is 6.03 Å². The van der Waals surface area contributed by atoms with Crippen molar-refractivity contribution in [1.29, 1.82) is 0 Å². The van der Waals surface area contributed by atoms with Crippen LogP contribution in [0, 0.1) is 0 Å². The number of amides is 2. The summed E-state index contributed by atoms with van der Waals surface area (Å²) in [5.41, 5.74) is 0. The second-order valence-electron chi connectivity index (χ2n) is 4.71. The van der Waals surface area contributed by atoms with E-state index in [9.17, 15) is 4.79 Å². The van der Waals surface area contributed by atoms with Gasteiger partial charge in [0, 0.05) is 32.2 Å². The van der Waals surface area contributed by atoms with Crippen LogP contribution >= 0.6 is 0 Å². The van der Waals surface area contributed by atoms with Crippen LogP contribution in [0.5, 0.6) is 0 Å². The van der Waals surface area contributed by atoms with Crippen molar-refractivity contribution < 1.29 is 9.53 Å². The Morgan fingerprint density at radius 3 is 2.82 bits per heavy atom. The predicted octanol–water partition coefficient (Wildman–Crippen LogP) is 0.513. The van der Waals surface area contributed by atoms with E-state index in [0.29, 0.717) is 19.3 Å². The monoisotopic (exact) mass is 241 g/mol. The number of likely N-dealkylation sites (N-methyl/N-ethyl adjacent to an activating group) is 1. The van der Waals surface area contributed by atoms with Gasteiger partial charge < -0.3 is 19.9 Å². The van der Waals surface area contributed by atoms with E-state index >= 15 is 0 Å². The summed E-state index contributed by atoms with van der Waals surface area (Å²) in [6, 6.07) is 0.657. The van der Waals surface area contributed by atoms with Crippen molar-refractivity contribution in [2.24, 2.45) is 0 Å². The van der Waals surface area contributed by atoms with Crippen molar-refractivity contribution in [2.75, 3.05) is 45.9 Å². The molecule has 1 unspecified atom stereocenters. The lowest BCUT2D eigenvalue weighted by atomic mass is 10.2. The number of carbonyl (C=O) groups is 1. The molecule has 1 N–H and O–H groups in total. The first-order valence-corrected chi connectivity index (χ1v) is 6.66. The zero-order valence-electron chi connectivity index (χ0n) is 10.7. The number of morpholine rings is 1. The van der Waals surface area contributed by atoms with E-state index in [1.54, 1.807) is 0 Å². The van der Waals surface area contributed by atoms with Gasteiger partial charge >= 0.3 is 6.03 Å². The molecular weight excluding hydrogens is 218 g/mol. The maximum Gasteiger partial charge on any atom is 0.320 e. The first-order valence-electron chi connectivity index (χ1n) is 6.66. The van der Waals surface area contributed by atoms with E-state index in [4.69, 9.17) is 4.74 Å². The van der Waals surface area contributed by atoms with Crippen LogP contribution in [0.15, 0.2) is 0 Å². The van der Waals surface area contributed by atoms with Crippen LogP contribution in [0.3, 0.4) is 0 Å². The molecule has 2 rings (SSSR count). The minimum atomic E-state index is 0.171. The SMILES string of the molecule is CCN(CC1CCCN1)C(=O)N1CCOCC1. The number of nitrogens with one attached hydrogen (secondary N) is 1. The standard InChI is InChI=1S/C12H23N3O2/c1-2-14(10-11-4-3-5-13-11)12(16)15-6-8-17-9-7-15/h11,13H,2-10H2,1H3. The van der Waals surface area contributed by atoms with E-state index < -0.39 is 0 Å². The number of rotatable bonds is 3. The molecule has 0 aromatic carbocycles. The summed E-state index contributed by atoms with van der Waals surface area (Å²) in [6.45, 7) is 7.57. The van der Waals surface area contributed by atoms with Crippen LogP contribution in [0.1, 0.15) is 19.8 Å². The predicted molar refractivity (Wildman–Crippen MR) is 66.1 cm³/mol. The summed E-state index contributed by atoms with van der Waals surface area (Å²) in [5.74, 6) is 0. The van der Waals surface area contributed by atoms with Gasteiger partial charge in [0.2, 0.25) is 0 Å². The van der Waals surface area contributed by atoms with Crippen LogP contribution in [0.2, 0.25) is 0 Å². The average Bonchev–Trinajstić information content (AvgIpc) is 2.89. The average molecular weight is 241 g/mol. The van der Waals surface area contributed by atoms with Crippen molar-refractivity contribution in [3.63, 3.8) is 0 Å². The summed E-state index contributed by atoms with van der Waals surface area (Å²) >= 11 is 0. The molecular formula is C12H23N3O2. The highest BCUT2D eigenvalue weighted by Gasteiger charge is 2.25. The molecule has 0 saturated carbocycles. The molecule has 0 bridgehead atoms. The third-order valence-electron chi connectivity index (χ3n) is 3.54. The van der Waals surface area contributed by atoms with Gasteiger partial charge in [-0.25, -0.2) is 4.79 Å². The van der Waals surface area contributed by atoms with Crippen molar-refractivity contribution in [2.45, 2.75) is 25.8 Å². The fourth-order valence-corrected chi connectivity index (χ4v) is 2.48. The van der Waals surface area contributed by atoms with Crippen LogP contribution in [-0.2, 0) is 4.74 Å². The Hall–Kier alpha value is -0.810. The number of hydrogen-bond acceptors (Lipinski definition) is 3. The van der Waals surface area contributed by atoms with E-state index in [0.717, 1.165) is 32.7 Å². The summed E-state index contributed by atoms with van der Waals surface area (Å²) in [4.78, 5) is 16.1. The number of hydrogen-bond donors (Lipinski definition) is 1. The number of carbonyl (C=O) groups excluding carboxylic acids is 1. The molecule has 5 heteroatoms. The van der Waals surface area contributed by atoms with Gasteiger partial charge in [-0.3, -0.25) is 0 Å². The van der Waals surface area contributed by atoms with Gasteiger partial charge in [0.25, 0.3) is 0 Å². The van der Waals surface area contributed by atoms with Crippen LogP contribution in [-0.4, -0.2) is 67.8 Å². The Kier molecular flexibility index (Phi) is 4.62. The molecule has 2 amide bonds. The summed E-state index contributed by atoms with van der Waals surface area (Å²) in [5, 5.41) is 3.44. The molecule has 17 heavy (non-hydrogen) atoms. The van der Waals surface area contributed by atoms with Crippen molar-refractivity contribution >= 4 is 6.03 Å². The normalized spacial score (nSPS) is 25.0. The molecule has 2 aliphatic rings. The third-order valence-corrected chi connectivity index (χ3v) is 3.54. The molecule has 2 aliphatic heterocycles. The van der Waals surface area contributed by atoms with Crippen molar-refractivity contribution in [3.8, 4) is 0 Å². The number of ether oxygens (including phenoxy) is 1. The van der Waals surface area contributed by atoms with Crippen molar-refractivity contribution in [1.82, 2.24) is 15.1 Å². The summed E-state index contributed by atoms with van der Waals surface area (Å²) < 4.78 is 5.27. The minimum Gasteiger partial charge on any atom is -0.378 e. The highest BCUT2D eigenvalue weighted by atomic mass is 16.5. The van der Waals surface area contributed by atoms with Crippen LogP contribution < -0.4 is 5.32 Å². The largest absolute Gasteiger partial charge is 0.378 e. The van der Waals surface area contributed by atoms with Gasteiger partial charge in [-0.1, -0.05) is 0 Å². The maximum absolute atomic E-state index is 12.3. The summed E-state index contributed by atoms with van der Waals surface area (Å²) in [7, 11) is 0. The fraction of sp³-hybridized carbons (Fsp3) is 0.917. The summed E-state index contributed by atoms with van der Waals surface area (Å²) in [6.07, 6.45) is 2.42. The topological polar surface area (TPSA) is 44.8 Å². The lowest BCUT2D eigenvalue weighted by molar-refractivity contribution is 0.0431. The molecule has 5 nitrogen and oxygen atoms in total. The molecule has 0 aromatic rings. The number of nitrogens with zero attached hydrogens (tertiary/aromatic N) is 2. The fourth-order valence-electron chi connectivity index (χ4n) is 2.48. The highest BCUT2D eigenvalue weighted by molar-refractivity contribution is 5.74. The van der Waals surface area contributed by atoms with Crippen LogP contribution in [0.25, 0.3) is 0 Å². The molecule has 0 spiro atoms. The Labute approximate surface area is 103 Å². The first kappa shape index (κ1) is 12.6. The molecule has 2 fully saturated rings. The van der Waals surface area contributed by atoms with E-state index in [1.807, 2.05) is 16.7 Å². The molecule has 2 saturated heterocycles. The van der Waals surface area contributed by atoms with E-state index in [2.05, 4.69) is 5.32 Å². The van der Waals surface area contributed by atoms with Gasteiger partial charge in [-0.2, -0.15) is 0 Å². The van der Waals surface area contributed by atoms with Gasteiger partial charge in [0.1, 0.15) is 0 Å². The highest BCUT2D eigenvalue weighted by Crippen LogP contribution is 2.09. The second-order valence-corrected chi connectivity index (χ2v) is 4.71. The Morgan fingerprint density at radius 2 is 2.24 bits per heavy atom. The Balaban J connectivity index is 1.84. The Bertz CT molecular complexity index is 248. The molecule has 0 aliphatic carbocycles. The zero-order valence-corrected chi connectivity index (χ0v) is 10.7. The lowest BCUT2D eigenvalue weighted by Gasteiger charge is -2.33. The molecule has 98 valence electrons. The zero-order chi connectivity index (χ0) is 12.1. The maximum atomic E-state index is 12.3. The molecule has 1 atom stereocenters. The quantitative estimate of drug-likeness (QED) is 0.783. The van der Waals surface area contributed by atoms with E-state index in [1.165, 1.54) is 12.8 Å². The van der Waals surface area contributed by atoms with Gasteiger partial charge in [-0.15, -0.1) is 0 Å². The second kappa shape index (κ2) is 6.21. The van der Waals surface area contributed by atoms with Gasteiger partial charge in [0.05, 0.1) is 13.2 Å². The minimum absolute atomic E-state index is 0.171. The number of urea groups is 1. The molecule has 0 radical (unpaired) electrons. The molecule has 2 heterocycles. The van der Waals surface area contributed by atoms with Crippen molar-refractivity contribution in [3.05, 3.63) is 0 Å². The molecule has 0 aromatic heterocycles. The van der Waals surface area contributed by atoms with Gasteiger partial charge in [-0.05, 0) is 26.3 Å². The lowest BCUT2D eigenvalue weighted by Crippen LogP contribution is -2.50. The van der Waals surface area contributed by atoms with Gasteiger partial charge in [0.15, 0.2) is 0 Å². The smallest absolute Gasteiger partial charge is 0.320 e.